The lowest BCUT2D eigenvalue weighted by atomic mass is 9.91. The third-order valence-corrected chi connectivity index (χ3v) is 4.81. The standard InChI is InChI=1S/C20H14F9N3O2/c1-7(2)30-13-8-4-5-9-14(31-32(3)15(9)18(21,22)23)12(8)10(16(33)19(24,25)26)6-11(13)17(34)20(27,28)29/h4-7,30H,1-3H3. The van der Waals surface area contributed by atoms with Gasteiger partial charge in [0, 0.05) is 34.8 Å². The van der Waals surface area contributed by atoms with Crippen molar-refractivity contribution in [1.29, 1.82) is 0 Å². The van der Waals surface area contributed by atoms with Gasteiger partial charge in [0.15, 0.2) is 0 Å². The Bertz CT molecular complexity index is 1320. The maximum atomic E-state index is 13.5. The summed E-state index contributed by atoms with van der Waals surface area (Å²) in [6.45, 7) is 2.90. The van der Waals surface area contributed by atoms with Crippen molar-refractivity contribution in [1.82, 2.24) is 9.78 Å². The molecule has 0 aliphatic heterocycles. The highest BCUT2D eigenvalue weighted by molar-refractivity contribution is 6.24. The van der Waals surface area contributed by atoms with E-state index in [-0.39, 0.29) is 6.07 Å². The second kappa shape index (κ2) is 7.87. The number of alkyl halides is 9. The van der Waals surface area contributed by atoms with E-state index >= 15 is 0 Å². The molecule has 1 N–H and O–H groups in total. The molecular formula is C20H14F9N3O2. The van der Waals surface area contributed by atoms with Gasteiger partial charge in [0.25, 0.3) is 11.6 Å². The maximum absolute atomic E-state index is 13.5. The second-order valence-corrected chi connectivity index (χ2v) is 7.65. The van der Waals surface area contributed by atoms with Crippen LogP contribution < -0.4 is 5.32 Å². The van der Waals surface area contributed by atoms with Crippen molar-refractivity contribution in [3.8, 4) is 0 Å². The molecule has 0 spiro atoms. The van der Waals surface area contributed by atoms with Crippen LogP contribution >= 0.6 is 0 Å². The number of carbonyl (C=O) groups is 2. The normalized spacial score (nSPS) is 13.2. The van der Waals surface area contributed by atoms with Crippen LogP contribution in [0.4, 0.5) is 45.2 Å². The molecule has 0 bridgehead atoms. The van der Waals surface area contributed by atoms with Crippen LogP contribution in [0.5, 0.6) is 0 Å². The van der Waals surface area contributed by atoms with E-state index in [9.17, 15) is 49.1 Å². The Kier molecular flexibility index (Phi) is 5.86. The first-order valence-electron chi connectivity index (χ1n) is 9.38. The molecule has 0 aliphatic carbocycles. The lowest BCUT2D eigenvalue weighted by molar-refractivity contribution is -0.142. The molecule has 0 atom stereocenters. The summed E-state index contributed by atoms with van der Waals surface area (Å²) in [5, 5.41) is 4.19. The summed E-state index contributed by atoms with van der Waals surface area (Å²) in [5.41, 5.74) is -5.34. The molecule has 0 saturated carbocycles. The van der Waals surface area contributed by atoms with Gasteiger partial charge in [-0.25, -0.2) is 0 Å². The molecule has 1 heterocycles. The molecule has 2 aromatic carbocycles. The van der Waals surface area contributed by atoms with E-state index in [1.54, 1.807) is 0 Å². The first-order valence-corrected chi connectivity index (χ1v) is 9.38. The van der Waals surface area contributed by atoms with E-state index in [0.717, 1.165) is 19.2 Å². The van der Waals surface area contributed by atoms with Crippen molar-refractivity contribution in [2.24, 2.45) is 7.05 Å². The molecule has 3 aromatic rings. The van der Waals surface area contributed by atoms with Crippen molar-refractivity contribution in [3.63, 3.8) is 0 Å². The van der Waals surface area contributed by atoms with Crippen molar-refractivity contribution in [2.75, 3.05) is 5.32 Å². The van der Waals surface area contributed by atoms with E-state index in [2.05, 4.69) is 10.4 Å². The van der Waals surface area contributed by atoms with E-state index in [1.807, 2.05) is 0 Å². The van der Waals surface area contributed by atoms with Crippen molar-refractivity contribution < 1.29 is 49.1 Å². The zero-order valence-electron chi connectivity index (χ0n) is 17.4. The molecule has 0 unspecified atom stereocenters. The lowest BCUT2D eigenvalue weighted by Gasteiger charge is -2.20. The SMILES string of the molecule is CC(C)Nc1c(C(=O)C(F)(F)F)cc(C(=O)C(F)(F)F)c2c1ccc1c(C(F)(F)F)n(C)nc12. The summed E-state index contributed by atoms with van der Waals surface area (Å²) in [6, 6.07) is 1.07. The summed E-state index contributed by atoms with van der Waals surface area (Å²) < 4.78 is 121. The Morgan fingerprint density at radius 3 is 1.85 bits per heavy atom. The fraction of sp³-hybridized carbons (Fsp3) is 0.350. The minimum atomic E-state index is -5.61. The molecule has 34 heavy (non-hydrogen) atoms. The Labute approximate surface area is 184 Å². The minimum Gasteiger partial charge on any atom is -0.382 e. The monoisotopic (exact) mass is 499 g/mol. The van der Waals surface area contributed by atoms with Gasteiger partial charge in [-0.2, -0.15) is 44.6 Å². The molecule has 1 aromatic heterocycles. The number of benzene rings is 2. The highest BCUT2D eigenvalue weighted by Crippen LogP contribution is 2.43. The fourth-order valence-corrected chi connectivity index (χ4v) is 3.62. The molecular weight excluding hydrogens is 485 g/mol. The third kappa shape index (κ3) is 4.28. The number of hydrogen-bond acceptors (Lipinski definition) is 4. The third-order valence-electron chi connectivity index (χ3n) is 4.81. The first-order chi connectivity index (χ1) is 15.4. The Hall–Kier alpha value is -3.32. The number of halogens is 9. The molecule has 14 heteroatoms. The largest absolute Gasteiger partial charge is 0.454 e. The number of anilines is 1. The molecule has 0 amide bonds. The summed E-state index contributed by atoms with van der Waals surface area (Å²) in [7, 11) is 0.870. The zero-order valence-corrected chi connectivity index (χ0v) is 17.4. The topological polar surface area (TPSA) is 64.0 Å². The first kappa shape index (κ1) is 25.3. The van der Waals surface area contributed by atoms with Gasteiger partial charge in [-0.3, -0.25) is 14.3 Å². The van der Waals surface area contributed by atoms with E-state index in [0.29, 0.717) is 4.68 Å². The fourth-order valence-electron chi connectivity index (χ4n) is 3.62. The van der Waals surface area contributed by atoms with Crippen molar-refractivity contribution >= 4 is 38.9 Å². The number of nitrogens with one attached hydrogen (secondary N) is 1. The van der Waals surface area contributed by atoms with Gasteiger partial charge in [-0.1, -0.05) is 6.07 Å². The Balaban J connectivity index is 2.61. The highest BCUT2D eigenvalue weighted by Gasteiger charge is 2.45. The van der Waals surface area contributed by atoms with Crippen LogP contribution in [0.15, 0.2) is 18.2 Å². The van der Waals surface area contributed by atoms with Crippen LogP contribution in [-0.4, -0.2) is 39.7 Å². The minimum absolute atomic E-state index is 0.0973. The number of Topliss-reactive ketones (excluding diaryl/α,β-unsaturated/α-hetero) is 2. The van der Waals surface area contributed by atoms with Gasteiger partial charge in [0.1, 0.15) is 11.2 Å². The lowest BCUT2D eigenvalue weighted by Crippen LogP contribution is -2.27. The van der Waals surface area contributed by atoms with Gasteiger partial charge in [-0.05, 0) is 26.0 Å². The summed E-state index contributed by atoms with van der Waals surface area (Å²) in [4.78, 5) is 24.2. The van der Waals surface area contributed by atoms with Gasteiger partial charge in [0.05, 0.1) is 11.3 Å². The molecule has 0 fully saturated rings. The number of aryl methyl sites for hydroxylation is 1. The summed E-state index contributed by atoms with van der Waals surface area (Å²) in [5.74, 6) is -5.18. The van der Waals surface area contributed by atoms with Crippen molar-refractivity contribution in [3.05, 3.63) is 35.0 Å². The predicted molar refractivity (Wildman–Crippen MR) is 103 cm³/mol. The second-order valence-electron chi connectivity index (χ2n) is 7.65. The number of rotatable bonds is 4. The van der Waals surface area contributed by atoms with E-state index in [4.69, 9.17) is 0 Å². The molecule has 5 nitrogen and oxygen atoms in total. The number of hydrogen-bond donors (Lipinski definition) is 1. The van der Waals surface area contributed by atoms with Crippen molar-refractivity contribution in [2.45, 2.75) is 38.4 Å². The molecule has 0 saturated heterocycles. The van der Waals surface area contributed by atoms with E-state index < -0.39 is 80.3 Å². The highest BCUT2D eigenvalue weighted by atomic mass is 19.4. The average Bonchev–Trinajstić information content (AvgIpc) is 3.01. The van der Waals surface area contributed by atoms with Crippen LogP contribution in [-0.2, 0) is 13.2 Å². The van der Waals surface area contributed by atoms with Crippen LogP contribution in [0.1, 0.15) is 40.3 Å². The molecule has 0 aliphatic rings. The number of nitrogens with zero attached hydrogens (tertiary/aromatic N) is 2. The van der Waals surface area contributed by atoms with Crippen LogP contribution in [0.3, 0.4) is 0 Å². The van der Waals surface area contributed by atoms with Crippen LogP contribution in [0, 0.1) is 0 Å². The Morgan fingerprint density at radius 1 is 0.882 bits per heavy atom. The Morgan fingerprint density at radius 2 is 1.38 bits per heavy atom. The number of aromatic nitrogens is 2. The molecule has 0 radical (unpaired) electrons. The summed E-state index contributed by atoms with van der Waals surface area (Å²) >= 11 is 0. The molecule has 184 valence electrons. The summed E-state index contributed by atoms with van der Waals surface area (Å²) in [6.07, 6.45) is -16.1. The average molecular weight is 499 g/mol. The number of ketones is 2. The maximum Gasteiger partial charge on any atom is 0.454 e. The van der Waals surface area contributed by atoms with Gasteiger partial charge < -0.3 is 5.32 Å². The number of fused-ring (bicyclic) bond motifs is 3. The van der Waals surface area contributed by atoms with E-state index in [1.165, 1.54) is 13.8 Å². The quantitative estimate of drug-likeness (QED) is 0.351. The number of carbonyl (C=O) groups excluding carboxylic acids is 2. The van der Waals surface area contributed by atoms with Gasteiger partial charge in [-0.15, -0.1) is 0 Å². The smallest absolute Gasteiger partial charge is 0.382 e. The predicted octanol–water partition coefficient (Wildman–Crippen LogP) is 6.06. The van der Waals surface area contributed by atoms with Gasteiger partial charge in [0.2, 0.25) is 0 Å². The van der Waals surface area contributed by atoms with Gasteiger partial charge >= 0.3 is 18.5 Å². The molecule has 3 rings (SSSR count). The van der Waals surface area contributed by atoms with Crippen LogP contribution in [0.25, 0.3) is 21.7 Å². The zero-order chi connectivity index (χ0) is 26.0. The van der Waals surface area contributed by atoms with Crippen LogP contribution in [0.2, 0.25) is 0 Å².